The van der Waals surface area contributed by atoms with Gasteiger partial charge < -0.3 is 15.0 Å². The van der Waals surface area contributed by atoms with Gasteiger partial charge in [-0.2, -0.15) is 0 Å². The number of rotatable bonds is 10. The molecule has 1 unspecified atom stereocenters. The number of carbonyl (C=O) groups is 2. The molecule has 2 rings (SSSR count). The van der Waals surface area contributed by atoms with Crippen LogP contribution in [0.15, 0.2) is 40.9 Å². The minimum Gasteiger partial charge on any atom is -0.483 e. The van der Waals surface area contributed by atoms with Crippen molar-refractivity contribution in [2.24, 2.45) is 5.92 Å². The highest BCUT2D eigenvalue weighted by Gasteiger charge is 2.28. The van der Waals surface area contributed by atoms with Gasteiger partial charge in [0.25, 0.3) is 5.91 Å². The van der Waals surface area contributed by atoms with Crippen molar-refractivity contribution in [2.45, 2.75) is 53.1 Å². The smallest absolute Gasteiger partial charge is 0.261 e. The molecule has 8 heteroatoms. The lowest BCUT2D eigenvalue weighted by Crippen LogP contribution is -2.49. The van der Waals surface area contributed by atoms with Gasteiger partial charge in [0.2, 0.25) is 5.91 Å². The van der Waals surface area contributed by atoms with Crippen LogP contribution >= 0.6 is 39.1 Å². The normalized spacial score (nSPS) is 12.1. The second kappa shape index (κ2) is 12.6. The third-order valence-corrected chi connectivity index (χ3v) is 6.54. The molecule has 0 saturated carbocycles. The van der Waals surface area contributed by atoms with E-state index in [2.05, 4.69) is 35.1 Å². The summed E-state index contributed by atoms with van der Waals surface area (Å²) >= 11 is 16.2. The first-order valence-electron chi connectivity index (χ1n) is 10.9. The number of ether oxygens (including phenoxy) is 1. The summed E-state index contributed by atoms with van der Waals surface area (Å²) in [7, 11) is 0. The standard InChI is InChI=1S/C25H31BrCl2N2O3/c1-15(2)12-29-25(32)17(5)30(13-19-21(27)7-6-8-22(19)28)24(31)14-33-23-10-9-18(16(3)4)11-20(23)26/h6-11,15-17H,12-14H2,1-5H3,(H,29,32). The molecule has 0 aliphatic heterocycles. The third-order valence-electron chi connectivity index (χ3n) is 5.22. The van der Waals surface area contributed by atoms with Crippen LogP contribution in [0.2, 0.25) is 10.0 Å². The molecule has 33 heavy (non-hydrogen) atoms. The number of nitrogens with one attached hydrogen (secondary N) is 1. The molecule has 0 spiro atoms. The number of amides is 2. The molecule has 0 radical (unpaired) electrons. The lowest BCUT2D eigenvalue weighted by molar-refractivity contribution is -0.142. The molecule has 2 aromatic carbocycles. The summed E-state index contributed by atoms with van der Waals surface area (Å²) in [4.78, 5) is 27.4. The molecule has 0 aliphatic carbocycles. The predicted molar refractivity (Wildman–Crippen MR) is 138 cm³/mol. The van der Waals surface area contributed by atoms with Crippen molar-refractivity contribution in [1.29, 1.82) is 0 Å². The van der Waals surface area contributed by atoms with E-state index in [1.54, 1.807) is 25.1 Å². The largest absolute Gasteiger partial charge is 0.483 e. The third kappa shape index (κ3) is 7.90. The van der Waals surface area contributed by atoms with Crippen LogP contribution in [0.5, 0.6) is 5.75 Å². The van der Waals surface area contributed by atoms with Gasteiger partial charge in [-0.25, -0.2) is 0 Å². The number of hydrogen-bond acceptors (Lipinski definition) is 3. The van der Waals surface area contributed by atoms with Gasteiger partial charge in [-0.3, -0.25) is 9.59 Å². The van der Waals surface area contributed by atoms with Gasteiger partial charge in [-0.05, 0) is 64.5 Å². The average molecular weight is 558 g/mol. The second-order valence-electron chi connectivity index (χ2n) is 8.67. The topological polar surface area (TPSA) is 58.6 Å². The van der Waals surface area contributed by atoms with E-state index in [-0.39, 0.29) is 30.9 Å². The Morgan fingerprint density at radius 3 is 2.24 bits per heavy atom. The minimum atomic E-state index is -0.737. The predicted octanol–water partition coefficient (Wildman–Crippen LogP) is 6.45. The number of carbonyl (C=O) groups excluding carboxylic acids is 2. The van der Waals surface area contributed by atoms with Crippen LogP contribution in [0, 0.1) is 5.92 Å². The molecule has 1 N–H and O–H groups in total. The van der Waals surface area contributed by atoms with Crippen LogP contribution < -0.4 is 10.1 Å². The maximum atomic E-state index is 13.2. The molecule has 5 nitrogen and oxygen atoms in total. The van der Waals surface area contributed by atoms with Gasteiger partial charge in [-0.1, -0.05) is 63.0 Å². The Kier molecular flexibility index (Phi) is 10.5. The van der Waals surface area contributed by atoms with Gasteiger partial charge in [0.15, 0.2) is 6.61 Å². The zero-order chi connectivity index (χ0) is 24.7. The fraction of sp³-hybridized carbons (Fsp3) is 0.440. The van der Waals surface area contributed by atoms with Crippen molar-refractivity contribution in [3.63, 3.8) is 0 Å². The summed E-state index contributed by atoms with van der Waals surface area (Å²) in [5, 5.41) is 3.75. The molecule has 180 valence electrons. The Bertz CT molecular complexity index is 962. The SMILES string of the molecule is CC(C)CNC(=O)C(C)N(Cc1c(Cl)cccc1Cl)C(=O)COc1ccc(C(C)C)cc1Br. The van der Waals surface area contributed by atoms with E-state index in [1.165, 1.54) is 4.90 Å². The summed E-state index contributed by atoms with van der Waals surface area (Å²) in [6.45, 7) is 10.3. The van der Waals surface area contributed by atoms with Crippen molar-refractivity contribution in [2.75, 3.05) is 13.2 Å². The molecule has 0 aliphatic rings. The van der Waals surface area contributed by atoms with Crippen LogP contribution in [0.1, 0.15) is 51.7 Å². The molecule has 0 bridgehead atoms. The van der Waals surface area contributed by atoms with Crippen molar-refractivity contribution in [3.8, 4) is 5.75 Å². The van der Waals surface area contributed by atoms with Gasteiger partial charge >= 0.3 is 0 Å². The molecular weight excluding hydrogens is 527 g/mol. The zero-order valence-corrected chi connectivity index (χ0v) is 22.7. The van der Waals surface area contributed by atoms with Crippen molar-refractivity contribution in [3.05, 3.63) is 62.0 Å². The average Bonchev–Trinajstić information content (AvgIpc) is 2.75. The van der Waals surface area contributed by atoms with E-state index in [9.17, 15) is 9.59 Å². The van der Waals surface area contributed by atoms with Gasteiger partial charge in [0.05, 0.1) is 4.47 Å². The number of benzene rings is 2. The lowest BCUT2D eigenvalue weighted by Gasteiger charge is -2.29. The summed E-state index contributed by atoms with van der Waals surface area (Å²) in [5.74, 6) is 0.622. The highest BCUT2D eigenvalue weighted by Crippen LogP contribution is 2.30. The van der Waals surface area contributed by atoms with Crippen molar-refractivity contribution >= 4 is 50.9 Å². The van der Waals surface area contributed by atoms with Crippen LogP contribution in [-0.4, -0.2) is 35.9 Å². The fourth-order valence-electron chi connectivity index (χ4n) is 3.10. The van der Waals surface area contributed by atoms with Crippen molar-refractivity contribution < 1.29 is 14.3 Å². The van der Waals surface area contributed by atoms with Crippen LogP contribution in [-0.2, 0) is 16.1 Å². The van der Waals surface area contributed by atoms with Gasteiger partial charge in [0, 0.05) is 28.7 Å². The summed E-state index contributed by atoms with van der Waals surface area (Å²) in [6, 6.07) is 10.2. The number of nitrogens with zero attached hydrogens (tertiary/aromatic N) is 1. The first-order valence-corrected chi connectivity index (χ1v) is 12.5. The van der Waals surface area contributed by atoms with Gasteiger partial charge in [0.1, 0.15) is 11.8 Å². The highest BCUT2D eigenvalue weighted by atomic mass is 79.9. The Balaban J connectivity index is 2.22. The highest BCUT2D eigenvalue weighted by molar-refractivity contribution is 9.10. The number of halogens is 3. The molecular formula is C25H31BrCl2N2O3. The molecule has 0 aromatic heterocycles. The molecule has 2 amide bonds. The van der Waals surface area contributed by atoms with E-state index in [1.807, 2.05) is 32.0 Å². The maximum Gasteiger partial charge on any atom is 0.261 e. The Hall–Kier alpha value is -1.76. The molecule has 2 aromatic rings. The van der Waals surface area contributed by atoms with E-state index in [4.69, 9.17) is 27.9 Å². The van der Waals surface area contributed by atoms with E-state index < -0.39 is 6.04 Å². The number of hydrogen-bond donors (Lipinski definition) is 1. The zero-order valence-electron chi connectivity index (χ0n) is 19.6. The maximum absolute atomic E-state index is 13.2. The Labute approximate surface area is 214 Å². The van der Waals surface area contributed by atoms with E-state index in [0.29, 0.717) is 33.8 Å². The van der Waals surface area contributed by atoms with Crippen LogP contribution in [0.25, 0.3) is 0 Å². The van der Waals surface area contributed by atoms with E-state index >= 15 is 0 Å². The van der Waals surface area contributed by atoms with Crippen LogP contribution in [0.4, 0.5) is 0 Å². The quantitative estimate of drug-likeness (QED) is 0.365. The Morgan fingerprint density at radius 2 is 1.70 bits per heavy atom. The van der Waals surface area contributed by atoms with Crippen molar-refractivity contribution in [1.82, 2.24) is 10.2 Å². The molecule has 0 heterocycles. The molecule has 1 atom stereocenters. The second-order valence-corrected chi connectivity index (χ2v) is 10.3. The van der Waals surface area contributed by atoms with E-state index in [0.717, 1.165) is 10.0 Å². The summed E-state index contributed by atoms with van der Waals surface area (Å²) in [6.07, 6.45) is 0. The molecule has 0 fully saturated rings. The molecule has 0 saturated heterocycles. The summed E-state index contributed by atoms with van der Waals surface area (Å²) in [5.41, 5.74) is 1.74. The monoisotopic (exact) mass is 556 g/mol. The minimum absolute atomic E-state index is 0.0877. The first-order chi connectivity index (χ1) is 15.5. The summed E-state index contributed by atoms with van der Waals surface area (Å²) < 4.78 is 6.57. The van der Waals surface area contributed by atoms with Gasteiger partial charge in [-0.15, -0.1) is 0 Å². The lowest BCUT2D eigenvalue weighted by atomic mass is 10.0. The first kappa shape index (κ1) is 27.5. The fourth-order valence-corrected chi connectivity index (χ4v) is 4.13. The van der Waals surface area contributed by atoms with Crippen LogP contribution in [0.3, 0.4) is 0 Å². The Morgan fingerprint density at radius 1 is 1.06 bits per heavy atom.